The molecule has 0 saturated carbocycles. The number of hydrogen-bond acceptors (Lipinski definition) is 4. The molecule has 8 heteroatoms. The molecule has 0 radical (unpaired) electrons. The van der Waals surface area contributed by atoms with Crippen molar-refractivity contribution in [2.75, 3.05) is 6.54 Å². The first kappa shape index (κ1) is 20.6. The minimum atomic E-state index is -1.00. The summed E-state index contributed by atoms with van der Waals surface area (Å²) in [5.41, 5.74) is 1.33. The van der Waals surface area contributed by atoms with Crippen molar-refractivity contribution in [3.05, 3.63) is 69.7 Å². The Morgan fingerprint density at radius 2 is 1.74 bits per heavy atom. The van der Waals surface area contributed by atoms with Gasteiger partial charge in [0.2, 0.25) is 5.91 Å². The molecule has 0 aliphatic heterocycles. The minimum Gasteiger partial charge on any atom is -0.445 e. The number of halogens is 2. The zero-order valence-electron chi connectivity index (χ0n) is 14.2. The number of ether oxygens (including phenoxy) is 1. The number of carbonyl (C=O) groups is 2. The number of amides is 2. The van der Waals surface area contributed by atoms with Crippen LogP contribution >= 0.6 is 23.2 Å². The summed E-state index contributed by atoms with van der Waals surface area (Å²) in [6, 6.07) is 14.9. The van der Waals surface area contributed by atoms with Crippen LogP contribution in [0.2, 0.25) is 10.0 Å². The molecule has 2 amide bonds. The van der Waals surface area contributed by atoms with Crippen molar-refractivity contribution >= 4 is 35.2 Å². The van der Waals surface area contributed by atoms with Gasteiger partial charge in [0.25, 0.3) is 0 Å². The van der Waals surface area contributed by atoms with Gasteiger partial charge in [-0.15, -0.1) is 0 Å². The number of hydrogen-bond donors (Lipinski definition) is 2. The van der Waals surface area contributed by atoms with Gasteiger partial charge in [0.1, 0.15) is 19.2 Å². The summed E-state index contributed by atoms with van der Waals surface area (Å²) in [4.78, 5) is 24.4. The molecule has 2 aromatic rings. The van der Waals surface area contributed by atoms with E-state index in [0.29, 0.717) is 15.6 Å². The summed E-state index contributed by atoms with van der Waals surface area (Å²) in [6.07, 6.45) is -0.713. The molecule has 1 atom stereocenters. The van der Waals surface area contributed by atoms with E-state index in [4.69, 9.17) is 33.2 Å². The van der Waals surface area contributed by atoms with Crippen LogP contribution in [0, 0.1) is 11.3 Å². The molecule has 6 nitrogen and oxygen atoms in total. The Morgan fingerprint density at radius 1 is 1.07 bits per heavy atom. The number of benzene rings is 2. The van der Waals surface area contributed by atoms with Crippen LogP contribution in [-0.2, 0) is 22.6 Å². The summed E-state index contributed by atoms with van der Waals surface area (Å²) in [7, 11) is 0. The average molecular weight is 406 g/mol. The normalized spacial score (nSPS) is 11.1. The molecule has 0 heterocycles. The summed E-state index contributed by atoms with van der Waals surface area (Å²) in [6.45, 7) is -0.127. The van der Waals surface area contributed by atoms with E-state index in [9.17, 15) is 9.59 Å². The van der Waals surface area contributed by atoms with Gasteiger partial charge in [0.05, 0.1) is 6.07 Å². The van der Waals surface area contributed by atoms with E-state index < -0.39 is 18.0 Å². The number of nitrogens with zero attached hydrogens (tertiary/aromatic N) is 1. The second-order valence-corrected chi connectivity index (χ2v) is 6.35. The Labute approximate surface area is 167 Å². The maximum Gasteiger partial charge on any atom is 0.408 e. The first-order valence-electron chi connectivity index (χ1n) is 8.06. The number of nitriles is 1. The Morgan fingerprint density at radius 3 is 2.37 bits per heavy atom. The van der Waals surface area contributed by atoms with Crippen LogP contribution in [0.25, 0.3) is 0 Å². The predicted octanol–water partition coefficient (Wildman–Crippen LogP) is 3.47. The van der Waals surface area contributed by atoms with Crippen molar-refractivity contribution in [3.63, 3.8) is 0 Å². The fourth-order valence-electron chi connectivity index (χ4n) is 2.30. The van der Waals surface area contributed by atoms with Crippen molar-refractivity contribution in [1.29, 1.82) is 5.26 Å². The molecule has 0 spiro atoms. The largest absolute Gasteiger partial charge is 0.445 e. The third-order valence-electron chi connectivity index (χ3n) is 3.63. The minimum absolute atomic E-state index is 0.0518. The van der Waals surface area contributed by atoms with Crippen LogP contribution in [0.5, 0.6) is 0 Å². The predicted molar refractivity (Wildman–Crippen MR) is 102 cm³/mol. The molecule has 1 unspecified atom stereocenters. The lowest BCUT2D eigenvalue weighted by Crippen LogP contribution is -2.48. The van der Waals surface area contributed by atoms with Gasteiger partial charge in [-0.1, -0.05) is 59.6 Å². The Kier molecular flexibility index (Phi) is 7.93. The molecule has 2 aromatic carbocycles. The number of nitrogens with one attached hydrogen (secondary N) is 2. The molecule has 2 N–H and O–H groups in total. The molecule has 0 aliphatic carbocycles. The second kappa shape index (κ2) is 10.4. The third kappa shape index (κ3) is 6.48. The SMILES string of the molecule is N#CCNC(=O)C(Cc1c(Cl)cccc1Cl)NC(=O)OCc1ccccc1. The van der Waals surface area contributed by atoms with Gasteiger partial charge in [-0.3, -0.25) is 4.79 Å². The molecular formula is C19H17Cl2N3O3. The lowest BCUT2D eigenvalue weighted by molar-refractivity contribution is -0.122. The van der Waals surface area contributed by atoms with E-state index in [1.165, 1.54) is 0 Å². The number of carbonyl (C=O) groups excluding carboxylic acids is 2. The maximum absolute atomic E-state index is 12.3. The van der Waals surface area contributed by atoms with Crippen molar-refractivity contribution in [2.45, 2.75) is 19.1 Å². The molecule has 0 aromatic heterocycles. The highest BCUT2D eigenvalue weighted by Gasteiger charge is 2.24. The van der Waals surface area contributed by atoms with Gasteiger partial charge in [-0.2, -0.15) is 5.26 Å². The average Bonchev–Trinajstić information content (AvgIpc) is 2.67. The highest BCUT2D eigenvalue weighted by Crippen LogP contribution is 2.25. The van der Waals surface area contributed by atoms with Gasteiger partial charge < -0.3 is 15.4 Å². The van der Waals surface area contributed by atoms with Gasteiger partial charge in [0, 0.05) is 16.5 Å². The standard InChI is InChI=1S/C19H17Cl2N3O3/c20-15-7-4-8-16(21)14(15)11-17(18(25)23-10-9-22)24-19(26)27-12-13-5-2-1-3-6-13/h1-8,17H,10-12H2,(H,23,25)(H,24,26). The fraction of sp³-hybridized carbons (Fsp3) is 0.211. The van der Waals surface area contributed by atoms with E-state index in [1.807, 2.05) is 36.4 Å². The monoisotopic (exact) mass is 405 g/mol. The Balaban J connectivity index is 2.06. The van der Waals surface area contributed by atoms with Gasteiger partial charge >= 0.3 is 6.09 Å². The first-order chi connectivity index (χ1) is 13.0. The highest BCUT2D eigenvalue weighted by atomic mass is 35.5. The lowest BCUT2D eigenvalue weighted by atomic mass is 10.1. The van der Waals surface area contributed by atoms with Crippen molar-refractivity contribution in [3.8, 4) is 6.07 Å². The lowest BCUT2D eigenvalue weighted by Gasteiger charge is -2.19. The molecule has 27 heavy (non-hydrogen) atoms. The zero-order valence-corrected chi connectivity index (χ0v) is 15.8. The quantitative estimate of drug-likeness (QED) is 0.689. The van der Waals surface area contributed by atoms with Gasteiger partial charge in [-0.25, -0.2) is 4.79 Å². The molecule has 0 saturated heterocycles. The molecule has 0 bridgehead atoms. The van der Waals surface area contributed by atoms with Crippen molar-refractivity contribution < 1.29 is 14.3 Å². The summed E-state index contributed by atoms with van der Waals surface area (Å²) in [5.74, 6) is -0.538. The first-order valence-corrected chi connectivity index (χ1v) is 8.81. The third-order valence-corrected chi connectivity index (χ3v) is 4.34. The highest BCUT2D eigenvalue weighted by molar-refractivity contribution is 6.36. The van der Waals surface area contributed by atoms with Crippen LogP contribution in [0.4, 0.5) is 4.79 Å². The van der Waals surface area contributed by atoms with Crippen molar-refractivity contribution in [1.82, 2.24) is 10.6 Å². The summed E-state index contributed by atoms with van der Waals surface area (Å²) >= 11 is 12.3. The molecule has 0 aliphatic rings. The smallest absolute Gasteiger partial charge is 0.408 e. The van der Waals surface area contributed by atoms with E-state index in [-0.39, 0.29) is 19.6 Å². The van der Waals surface area contributed by atoms with E-state index in [2.05, 4.69) is 10.6 Å². The van der Waals surface area contributed by atoms with Gasteiger partial charge in [-0.05, 0) is 23.3 Å². The maximum atomic E-state index is 12.3. The summed E-state index contributed by atoms with van der Waals surface area (Å²) < 4.78 is 5.15. The molecule has 0 fully saturated rings. The van der Waals surface area contributed by atoms with Crippen LogP contribution in [0.3, 0.4) is 0 Å². The van der Waals surface area contributed by atoms with E-state index in [1.54, 1.807) is 18.2 Å². The molecule has 140 valence electrons. The van der Waals surface area contributed by atoms with E-state index >= 15 is 0 Å². The second-order valence-electron chi connectivity index (χ2n) is 5.54. The van der Waals surface area contributed by atoms with Crippen molar-refractivity contribution in [2.24, 2.45) is 0 Å². The molecular weight excluding hydrogens is 389 g/mol. The Hall–Kier alpha value is -2.75. The van der Waals surface area contributed by atoms with Crippen LogP contribution in [0.1, 0.15) is 11.1 Å². The summed E-state index contributed by atoms with van der Waals surface area (Å²) in [5, 5.41) is 14.3. The van der Waals surface area contributed by atoms with Crippen LogP contribution in [0.15, 0.2) is 48.5 Å². The number of rotatable bonds is 7. The Bertz CT molecular complexity index is 818. The fourth-order valence-corrected chi connectivity index (χ4v) is 2.85. The van der Waals surface area contributed by atoms with Crippen LogP contribution < -0.4 is 10.6 Å². The zero-order chi connectivity index (χ0) is 19.6. The molecule has 2 rings (SSSR count). The van der Waals surface area contributed by atoms with Crippen LogP contribution in [-0.4, -0.2) is 24.6 Å². The van der Waals surface area contributed by atoms with E-state index in [0.717, 1.165) is 5.56 Å². The number of alkyl carbamates (subject to hydrolysis) is 1. The van der Waals surface area contributed by atoms with Gasteiger partial charge in [0.15, 0.2) is 0 Å². The topological polar surface area (TPSA) is 91.2 Å².